The van der Waals surface area contributed by atoms with Gasteiger partial charge < -0.3 is 14.6 Å². The highest BCUT2D eigenvalue weighted by molar-refractivity contribution is 8.19. The van der Waals surface area contributed by atoms with Crippen LogP contribution in [0, 0.1) is 0 Å². The largest absolute Gasteiger partial charge is 0.495 e. The van der Waals surface area contributed by atoms with Crippen LogP contribution in [0.5, 0.6) is 11.5 Å². The number of carbonyl (C=O) groups is 3. The predicted molar refractivity (Wildman–Crippen MR) is 106 cm³/mol. The minimum Gasteiger partial charge on any atom is -0.495 e. The number of rotatable bonds is 6. The fourth-order valence-electron chi connectivity index (χ4n) is 2.58. The Morgan fingerprint density at radius 3 is 2.43 bits per heavy atom. The quantitative estimate of drug-likeness (QED) is 0.739. The number of nitrogens with zero attached hydrogens (tertiary/aromatic N) is 1. The van der Waals surface area contributed by atoms with Gasteiger partial charge in [0.05, 0.1) is 17.7 Å². The third-order valence-corrected chi connectivity index (χ3v) is 4.85. The Morgan fingerprint density at radius 1 is 1.11 bits per heavy atom. The highest BCUT2D eigenvalue weighted by Crippen LogP contribution is 2.40. The first-order chi connectivity index (χ1) is 13.4. The maximum atomic E-state index is 12.9. The summed E-state index contributed by atoms with van der Waals surface area (Å²) in [6.07, 6.45) is 0.461. The van der Waals surface area contributed by atoms with Crippen molar-refractivity contribution in [3.63, 3.8) is 0 Å². The number of thioether (sulfide) groups is 1. The molecule has 1 unspecified atom stereocenters. The lowest BCUT2D eigenvalue weighted by molar-refractivity contribution is -0.144. The second-order valence-corrected chi connectivity index (χ2v) is 6.82. The van der Waals surface area contributed by atoms with E-state index in [-0.39, 0.29) is 4.91 Å². The molecule has 2 aromatic carbocycles. The van der Waals surface area contributed by atoms with E-state index in [0.717, 1.165) is 16.7 Å². The molecule has 1 heterocycles. The summed E-state index contributed by atoms with van der Waals surface area (Å²) in [6, 6.07) is 13.5. The minimum atomic E-state index is -1.11. The normalized spacial score (nSPS) is 16.4. The van der Waals surface area contributed by atoms with E-state index >= 15 is 0 Å². The number of carbonyl (C=O) groups excluding carboxylic acids is 2. The number of ether oxygens (including phenoxy) is 2. The Labute approximate surface area is 165 Å². The monoisotopic (exact) mass is 399 g/mol. The van der Waals surface area contributed by atoms with Crippen LogP contribution in [-0.2, 0) is 9.59 Å². The van der Waals surface area contributed by atoms with Gasteiger partial charge in [-0.1, -0.05) is 30.3 Å². The van der Waals surface area contributed by atoms with E-state index in [2.05, 4.69) is 0 Å². The number of para-hydroxylation sites is 3. The second-order valence-electron chi connectivity index (χ2n) is 5.83. The van der Waals surface area contributed by atoms with E-state index in [9.17, 15) is 14.4 Å². The van der Waals surface area contributed by atoms with Crippen molar-refractivity contribution < 1.29 is 29.0 Å². The van der Waals surface area contributed by atoms with Gasteiger partial charge in [-0.2, -0.15) is 0 Å². The van der Waals surface area contributed by atoms with Gasteiger partial charge in [0.2, 0.25) is 0 Å². The van der Waals surface area contributed by atoms with Gasteiger partial charge in [-0.25, -0.2) is 9.69 Å². The van der Waals surface area contributed by atoms with Crippen molar-refractivity contribution in [1.82, 2.24) is 0 Å². The van der Waals surface area contributed by atoms with Gasteiger partial charge in [0.15, 0.2) is 6.10 Å². The predicted octanol–water partition coefficient (Wildman–Crippen LogP) is 3.79. The molecule has 3 rings (SSSR count). The molecule has 2 aromatic rings. The Balaban J connectivity index is 1.94. The third kappa shape index (κ3) is 3.86. The van der Waals surface area contributed by atoms with Crippen molar-refractivity contribution in [3.05, 3.63) is 59.0 Å². The average Bonchev–Trinajstić information content (AvgIpc) is 2.96. The highest BCUT2D eigenvalue weighted by Gasteiger charge is 2.37. The van der Waals surface area contributed by atoms with Gasteiger partial charge in [-0.15, -0.1) is 0 Å². The molecule has 1 fully saturated rings. The lowest BCUT2D eigenvalue weighted by Gasteiger charge is -2.16. The van der Waals surface area contributed by atoms with E-state index < -0.39 is 23.2 Å². The third-order valence-electron chi connectivity index (χ3n) is 3.98. The van der Waals surface area contributed by atoms with Crippen LogP contribution in [0.25, 0.3) is 6.08 Å². The minimum absolute atomic E-state index is 0.204. The number of imide groups is 1. The van der Waals surface area contributed by atoms with Crippen LogP contribution in [-0.4, -0.2) is 35.4 Å². The van der Waals surface area contributed by atoms with Crippen molar-refractivity contribution in [2.75, 3.05) is 12.0 Å². The van der Waals surface area contributed by atoms with E-state index in [4.69, 9.17) is 14.6 Å². The molecule has 1 aliphatic heterocycles. The average molecular weight is 399 g/mol. The zero-order valence-electron chi connectivity index (χ0n) is 15.1. The van der Waals surface area contributed by atoms with Crippen molar-refractivity contribution in [2.45, 2.75) is 13.0 Å². The summed E-state index contributed by atoms with van der Waals surface area (Å²) in [5.41, 5.74) is 0.862. The van der Waals surface area contributed by atoms with Gasteiger partial charge in [0.25, 0.3) is 11.1 Å². The number of methoxy groups -OCH3 is 1. The first-order valence-electron chi connectivity index (χ1n) is 8.32. The molecule has 144 valence electrons. The molecule has 1 aliphatic rings. The Hall–Kier alpha value is -3.26. The standard InChI is InChI=1S/C20H17NO6S/c1-12(19(23)24)27-15-9-5-3-7-13(15)11-17-18(22)21(20(25)28-17)14-8-4-6-10-16(14)26-2/h3-12H,1-2H3,(H,23,24)/b17-11+. The van der Waals surface area contributed by atoms with Gasteiger partial charge >= 0.3 is 5.97 Å². The van der Waals surface area contributed by atoms with Crippen LogP contribution < -0.4 is 14.4 Å². The van der Waals surface area contributed by atoms with Crippen LogP contribution in [0.1, 0.15) is 12.5 Å². The molecule has 0 aliphatic carbocycles. The fourth-order valence-corrected chi connectivity index (χ4v) is 3.40. The molecule has 2 amide bonds. The zero-order chi connectivity index (χ0) is 20.3. The van der Waals surface area contributed by atoms with Crippen molar-refractivity contribution >= 4 is 40.6 Å². The molecule has 0 spiro atoms. The van der Waals surface area contributed by atoms with Gasteiger partial charge in [-0.3, -0.25) is 9.59 Å². The molecule has 28 heavy (non-hydrogen) atoms. The van der Waals surface area contributed by atoms with Gasteiger partial charge in [-0.05, 0) is 43.0 Å². The summed E-state index contributed by atoms with van der Waals surface area (Å²) in [6.45, 7) is 1.41. The van der Waals surface area contributed by atoms with Crippen molar-refractivity contribution in [1.29, 1.82) is 0 Å². The summed E-state index contributed by atoms with van der Waals surface area (Å²) in [5, 5.41) is 8.60. The molecular formula is C20H17NO6S. The number of carboxylic acid groups (broad SMARTS) is 1. The summed E-state index contributed by atoms with van der Waals surface area (Å²) in [5.74, 6) is -0.876. The SMILES string of the molecule is COc1ccccc1N1C(=O)S/C(=C/c2ccccc2OC(C)C(=O)O)C1=O. The molecule has 7 nitrogen and oxygen atoms in total. The van der Waals surface area contributed by atoms with Gasteiger partial charge in [0, 0.05) is 5.56 Å². The number of anilines is 1. The fraction of sp³-hybridized carbons (Fsp3) is 0.150. The van der Waals surface area contributed by atoms with Gasteiger partial charge in [0.1, 0.15) is 11.5 Å². The van der Waals surface area contributed by atoms with E-state index in [1.54, 1.807) is 48.5 Å². The Bertz CT molecular complexity index is 971. The van der Waals surface area contributed by atoms with Crippen LogP contribution in [0.4, 0.5) is 10.5 Å². The van der Waals surface area contributed by atoms with Crippen LogP contribution in [0.15, 0.2) is 53.4 Å². The summed E-state index contributed by atoms with van der Waals surface area (Å²) in [7, 11) is 1.46. The van der Waals surface area contributed by atoms with Crippen LogP contribution >= 0.6 is 11.8 Å². The number of hydrogen-bond donors (Lipinski definition) is 1. The molecule has 0 aromatic heterocycles. The molecule has 1 saturated heterocycles. The Kier molecular flexibility index (Phi) is 5.70. The van der Waals surface area contributed by atoms with E-state index in [1.165, 1.54) is 20.1 Å². The zero-order valence-corrected chi connectivity index (χ0v) is 15.9. The van der Waals surface area contributed by atoms with Crippen molar-refractivity contribution in [3.8, 4) is 11.5 Å². The van der Waals surface area contributed by atoms with Crippen molar-refractivity contribution in [2.24, 2.45) is 0 Å². The molecule has 1 atom stereocenters. The molecule has 0 saturated carbocycles. The molecular weight excluding hydrogens is 382 g/mol. The summed E-state index contributed by atoms with van der Waals surface area (Å²) < 4.78 is 10.7. The lowest BCUT2D eigenvalue weighted by Crippen LogP contribution is -2.28. The number of benzene rings is 2. The number of carboxylic acids is 1. The molecule has 8 heteroatoms. The topological polar surface area (TPSA) is 93.1 Å². The van der Waals surface area contributed by atoms with Crippen LogP contribution in [0.3, 0.4) is 0 Å². The maximum absolute atomic E-state index is 12.9. The van der Waals surface area contributed by atoms with E-state index in [1.807, 2.05) is 0 Å². The first kappa shape index (κ1) is 19.5. The lowest BCUT2D eigenvalue weighted by atomic mass is 10.1. The number of hydrogen-bond acceptors (Lipinski definition) is 6. The van der Waals surface area contributed by atoms with Crippen LogP contribution in [0.2, 0.25) is 0 Å². The first-order valence-corrected chi connectivity index (χ1v) is 9.13. The highest BCUT2D eigenvalue weighted by atomic mass is 32.2. The number of amides is 2. The van der Waals surface area contributed by atoms with E-state index in [0.29, 0.717) is 22.7 Å². The summed E-state index contributed by atoms with van der Waals surface area (Å²) in [4.78, 5) is 37.6. The number of aliphatic carboxylic acids is 1. The molecule has 0 radical (unpaired) electrons. The second kappa shape index (κ2) is 8.18. The Morgan fingerprint density at radius 2 is 1.75 bits per heavy atom. The summed E-state index contributed by atoms with van der Waals surface area (Å²) >= 11 is 0.796. The molecule has 1 N–H and O–H groups in total. The molecule has 0 bridgehead atoms. The smallest absolute Gasteiger partial charge is 0.344 e. The maximum Gasteiger partial charge on any atom is 0.344 e.